The van der Waals surface area contributed by atoms with Gasteiger partial charge in [-0.15, -0.1) is 0 Å². The molecule has 1 heterocycles. The minimum absolute atomic E-state index is 0.190. The second kappa shape index (κ2) is 4.77. The summed E-state index contributed by atoms with van der Waals surface area (Å²) in [6.45, 7) is 4.69. The lowest BCUT2D eigenvalue weighted by atomic mass is 10.2. The van der Waals surface area contributed by atoms with Crippen molar-refractivity contribution in [2.45, 2.75) is 26.3 Å². The zero-order valence-electron chi connectivity index (χ0n) is 8.12. The lowest BCUT2D eigenvalue weighted by Crippen LogP contribution is -2.28. The van der Waals surface area contributed by atoms with E-state index in [-0.39, 0.29) is 6.04 Å². The zero-order valence-corrected chi connectivity index (χ0v) is 8.12. The monoisotopic (exact) mass is 180 g/mol. The van der Waals surface area contributed by atoms with Gasteiger partial charge in [0.05, 0.1) is 0 Å². The predicted octanol–water partition coefficient (Wildman–Crippen LogP) is 0.934. The van der Waals surface area contributed by atoms with Crippen molar-refractivity contribution in [1.82, 2.24) is 9.97 Å². The number of hydrogen-bond donors (Lipinski definition) is 2. The van der Waals surface area contributed by atoms with E-state index in [1.165, 1.54) is 0 Å². The quantitative estimate of drug-likeness (QED) is 0.723. The largest absolute Gasteiger partial charge is 0.368 e. The Bertz CT molecular complexity index is 262. The van der Waals surface area contributed by atoms with E-state index in [2.05, 4.69) is 22.2 Å². The summed E-state index contributed by atoms with van der Waals surface area (Å²) < 4.78 is 0. The highest BCUT2D eigenvalue weighted by molar-refractivity contribution is 5.32. The molecule has 4 heteroatoms. The average molecular weight is 180 g/mol. The van der Waals surface area contributed by atoms with Gasteiger partial charge in [-0.05, 0) is 19.4 Å². The molecule has 1 unspecified atom stereocenters. The van der Waals surface area contributed by atoms with Gasteiger partial charge < -0.3 is 11.1 Å². The number of nitrogens with two attached hydrogens (primary N) is 1. The highest BCUT2D eigenvalue weighted by atomic mass is 15.0. The van der Waals surface area contributed by atoms with Crippen molar-refractivity contribution in [3.05, 3.63) is 18.1 Å². The maximum atomic E-state index is 5.75. The first-order valence-corrected chi connectivity index (χ1v) is 4.51. The van der Waals surface area contributed by atoms with E-state index in [0.29, 0.717) is 0 Å². The topological polar surface area (TPSA) is 63.8 Å². The normalized spacial score (nSPS) is 12.5. The van der Waals surface area contributed by atoms with Crippen molar-refractivity contribution >= 4 is 5.82 Å². The van der Waals surface area contributed by atoms with Crippen molar-refractivity contribution in [1.29, 1.82) is 0 Å². The standard InChI is InChI=1S/C9H16N4/c1-3-8(10)6-12-9-4-5-11-7(2)13-9/h4-5,8H,3,6,10H2,1-2H3,(H,11,12,13). The van der Waals surface area contributed by atoms with Crippen LogP contribution in [0.4, 0.5) is 5.82 Å². The summed E-state index contributed by atoms with van der Waals surface area (Å²) in [5.74, 6) is 1.62. The fraction of sp³-hybridized carbons (Fsp3) is 0.556. The van der Waals surface area contributed by atoms with E-state index in [9.17, 15) is 0 Å². The molecule has 13 heavy (non-hydrogen) atoms. The van der Waals surface area contributed by atoms with Crippen LogP contribution in [-0.2, 0) is 0 Å². The zero-order chi connectivity index (χ0) is 9.68. The molecular formula is C9H16N4. The summed E-state index contributed by atoms with van der Waals surface area (Å²) >= 11 is 0. The van der Waals surface area contributed by atoms with Crippen LogP contribution in [0.5, 0.6) is 0 Å². The Kier molecular flexibility index (Phi) is 3.64. The van der Waals surface area contributed by atoms with Gasteiger partial charge >= 0.3 is 0 Å². The number of aromatic nitrogens is 2. The van der Waals surface area contributed by atoms with Gasteiger partial charge in [0.25, 0.3) is 0 Å². The molecule has 1 aromatic rings. The highest BCUT2D eigenvalue weighted by Gasteiger charge is 1.99. The number of nitrogens with zero attached hydrogens (tertiary/aromatic N) is 2. The van der Waals surface area contributed by atoms with E-state index in [1.807, 2.05) is 13.0 Å². The summed E-state index contributed by atoms with van der Waals surface area (Å²) in [4.78, 5) is 8.21. The number of anilines is 1. The molecule has 0 aliphatic heterocycles. The molecule has 4 nitrogen and oxygen atoms in total. The van der Waals surface area contributed by atoms with Crippen LogP contribution in [0.3, 0.4) is 0 Å². The molecule has 0 aliphatic carbocycles. The maximum Gasteiger partial charge on any atom is 0.129 e. The molecule has 0 spiro atoms. The lowest BCUT2D eigenvalue weighted by Gasteiger charge is -2.10. The molecule has 1 rings (SSSR count). The van der Waals surface area contributed by atoms with Gasteiger partial charge in [0, 0.05) is 18.8 Å². The SMILES string of the molecule is CCC(N)CNc1ccnc(C)n1. The molecule has 0 aromatic carbocycles. The van der Waals surface area contributed by atoms with Gasteiger partial charge in [-0.1, -0.05) is 6.92 Å². The smallest absolute Gasteiger partial charge is 0.129 e. The molecule has 0 saturated heterocycles. The van der Waals surface area contributed by atoms with Crippen LogP contribution in [0.15, 0.2) is 12.3 Å². The van der Waals surface area contributed by atoms with E-state index >= 15 is 0 Å². The Labute approximate surface area is 78.6 Å². The second-order valence-electron chi connectivity index (χ2n) is 3.04. The Balaban J connectivity index is 2.45. The molecule has 0 bridgehead atoms. The average Bonchev–Trinajstić information content (AvgIpc) is 2.14. The third-order valence-corrected chi connectivity index (χ3v) is 1.85. The van der Waals surface area contributed by atoms with Crippen molar-refractivity contribution < 1.29 is 0 Å². The van der Waals surface area contributed by atoms with Crippen LogP contribution >= 0.6 is 0 Å². The molecule has 1 aromatic heterocycles. The third kappa shape index (κ3) is 3.38. The van der Waals surface area contributed by atoms with Crippen molar-refractivity contribution in [3.63, 3.8) is 0 Å². The van der Waals surface area contributed by atoms with Gasteiger partial charge in [0.2, 0.25) is 0 Å². The predicted molar refractivity (Wildman–Crippen MR) is 53.5 cm³/mol. The minimum Gasteiger partial charge on any atom is -0.368 e. The first-order valence-electron chi connectivity index (χ1n) is 4.51. The second-order valence-corrected chi connectivity index (χ2v) is 3.04. The summed E-state index contributed by atoms with van der Waals surface area (Å²) in [5.41, 5.74) is 5.75. The number of hydrogen-bond acceptors (Lipinski definition) is 4. The number of rotatable bonds is 4. The summed E-state index contributed by atoms with van der Waals surface area (Å²) in [6.07, 6.45) is 2.71. The van der Waals surface area contributed by atoms with Crippen molar-refractivity contribution in [2.75, 3.05) is 11.9 Å². The number of nitrogens with one attached hydrogen (secondary N) is 1. The van der Waals surface area contributed by atoms with Gasteiger partial charge in [-0.25, -0.2) is 9.97 Å². The first kappa shape index (κ1) is 9.92. The van der Waals surface area contributed by atoms with Gasteiger partial charge in [-0.3, -0.25) is 0 Å². The fourth-order valence-electron chi connectivity index (χ4n) is 0.935. The molecule has 0 fully saturated rings. The maximum absolute atomic E-state index is 5.75. The van der Waals surface area contributed by atoms with Gasteiger partial charge in [0.1, 0.15) is 11.6 Å². The van der Waals surface area contributed by atoms with Gasteiger partial charge in [-0.2, -0.15) is 0 Å². The summed E-state index contributed by atoms with van der Waals surface area (Å²) in [6, 6.07) is 2.03. The van der Waals surface area contributed by atoms with Crippen molar-refractivity contribution in [2.24, 2.45) is 5.73 Å². The fourth-order valence-corrected chi connectivity index (χ4v) is 0.935. The van der Waals surface area contributed by atoms with Crippen molar-refractivity contribution in [3.8, 4) is 0 Å². The van der Waals surface area contributed by atoms with Crippen LogP contribution in [0, 0.1) is 6.92 Å². The highest BCUT2D eigenvalue weighted by Crippen LogP contribution is 2.00. The Morgan fingerprint density at radius 2 is 2.38 bits per heavy atom. The molecule has 0 aliphatic rings. The van der Waals surface area contributed by atoms with E-state index in [1.54, 1.807) is 6.20 Å². The first-order chi connectivity index (χ1) is 6.22. The molecule has 3 N–H and O–H groups in total. The molecule has 0 radical (unpaired) electrons. The van der Waals surface area contributed by atoms with Crippen LogP contribution in [-0.4, -0.2) is 22.6 Å². The third-order valence-electron chi connectivity index (χ3n) is 1.85. The van der Waals surface area contributed by atoms with Crippen LogP contribution < -0.4 is 11.1 Å². The van der Waals surface area contributed by atoms with Crippen LogP contribution in [0.1, 0.15) is 19.2 Å². The van der Waals surface area contributed by atoms with E-state index in [4.69, 9.17) is 5.73 Å². The minimum atomic E-state index is 0.190. The summed E-state index contributed by atoms with van der Waals surface area (Å²) in [7, 11) is 0. The van der Waals surface area contributed by atoms with Crippen LogP contribution in [0.2, 0.25) is 0 Å². The Morgan fingerprint density at radius 1 is 1.62 bits per heavy atom. The molecule has 72 valence electrons. The number of aryl methyl sites for hydroxylation is 1. The van der Waals surface area contributed by atoms with Gasteiger partial charge in [0.15, 0.2) is 0 Å². The van der Waals surface area contributed by atoms with E-state index in [0.717, 1.165) is 24.6 Å². The summed E-state index contributed by atoms with van der Waals surface area (Å²) in [5, 5.41) is 3.16. The molecule has 0 amide bonds. The van der Waals surface area contributed by atoms with E-state index < -0.39 is 0 Å². The molecule has 1 atom stereocenters. The molecule has 0 saturated carbocycles. The Morgan fingerprint density at radius 3 is 3.00 bits per heavy atom. The Hall–Kier alpha value is -1.16. The van der Waals surface area contributed by atoms with Crippen LogP contribution in [0.25, 0.3) is 0 Å². The lowest BCUT2D eigenvalue weighted by molar-refractivity contribution is 0.677. The molecular weight excluding hydrogens is 164 g/mol.